The van der Waals surface area contributed by atoms with E-state index in [4.69, 9.17) is 0 Å². The molecule has 1 saturated carbocycles. The van der Waals surface area contributed by atoms with Gasteiger partial charge in [0.2, 0.25) is 0 Å². The summed E-state index contributed by atoms with van der Waals surface area (Å²) in [5.74, 6) is -0.193. The van der Waals surface area contributed by atoms with E-state index in [1.807, 2.05) is 24.1 Å². The molecule has 0 unspecified atom stereocenters. The van der Waals surface area contributed by atoms with E-state index in [0.29, 0.717) is 11.7 Å². The third-order valence-electron chi connectivity index (χ3n) is 3.97. The molecule has 2 nitrogen and oxygen atoms in total. The lowest BCUT2D eigenvalue weighted by Crippen LogP contribution is -2.19. The highest BCUT2D eigenvalue weighted by Crippen LogP contribution is 2.30. The molecule has 110 valence electrons. The van der Waals surface area contributed by atoms with Crippen LogP contribution in [-0.4, -0.2) is 13.1 Å². The van der Waals surface area contributed by atoms with Crippen LogP contribution >= 0.6 is 0 Å². The Bertz CT molecular complexity index is 635. The number of rotatable bonds is 5. The number of nitrogens with one attached hydrogen (secondary N) is 1. The van der Waals surface area contributed by atoms with Gasteiger partial charge < -0.3 is 10.2 Å². The predicted molar refractivity (Wildman–Crippen MR) is 85.5 cm³/mol. The fraction of sp³-hybridized carbons (Fsp3) is 0.333. The van der Waals surface area contributed by atoms with Gasteiger partial charge in [-0.25, -0.2) is 4.39 Å². The lowest BCUT2D eigenvalue weighted by molar-refractivity contribution is 0.627. The summed E-state index contributed by atoms with van der Waals surface area (Å²) in [6.07, 6.45) is 2.54. The Labute approximate surface area is 125 Å². The van der Waals surface area contributed by atoms with Crippen molar-refractivity contribution in [3.63, 3.8) is 0 Å². The Kier molecular flexibility index (Phi) is 3.93. The van der Waals surface area contributed by atoms with Crippen molar-refractivity contribution in [1.29, 1.82) is 0 Å². The van der Waals surface area contributed by atoms with Crippen LogP contribution in [-0.2, 0) is 6.54 Å². The fourth-order valence-corrected chi connectivity index (χ4v) is 2.58. The van der Waals surface area contributed by atoms with E-state index in [9.17, 15) is 4.39 Å². The highest BCUT2D eigenvalue weighted by molar-refractivity contribution is 5.66. The summed E-state index contributed by atoms with van der Waals surface area (Å²) in [6, 6.07) is 13.9. The molecule has 21 heavy (non-hydrogen) atoms. The van der Waals surface area contributed by atoms with Crippen molar-refractivity contribution in [1.82, 2.24) is 5.32 Å². The minimum absolute atomic E-state index is 0.193. The highest BCUT2D eigenvalue weighted by atomic mass is 19.1. The molecule has 1 aliphatic carbocycles. The second kappa shape index (κ2) is 5.86. The van der Waals surface area contributed by atoms with Gasteiger partial charge in [-0.2, -0.15) is 0 Å². The van der Waals surface area contributed by atoms with Crippen molar-refractivity contribution in [3.05, 3.63) is 59.4 Å². The Morgan fingerprint density at radius 1 is 1.14 bits per heavy atom. The molecule has 0 atom stereocenters. The van der Waals surface area contributed by atoms with Crippen LogP contribution in [0.3, 0.4) is 0 Å². The van der Waals surface area contributed by atoms with Gasteiger partial charge in [0, 0.05) is 25.3 Å². The van der Waals surface area contributed by atoms with Crippen LogP contribution < -0.4 is 10.2 Å². The van der Waals surface area contributed by atoms with Gasteiger partial charge in [0.05, 0.1) is 5.69 Å². The van der Waals surface area contributed by atoms with Gasteiger partial charge in [0.15, 0.2) is 0 Å². The van der Waals surface area contributed by atoms with E-state index < -0.39 is 0 Å². The standard InChI is InChI=1S/C18H21FN2/c1-13-7-10-17(14(11-13)12-20-15-8-9-15)21(2)18-6-4-3-5-16(18)19/h3-7,10-11,15,20H,8-9,12H2,1-2H3. The average Bonchev–Trinajstić information content (AvgIpc) is 3.29. The zero-order valence-corrected chi connectivity index (χ0v) is 12.6. The maximum absolute atomic E-state index is 14.0. The van der Waals surface area contributed by atoms with E-state index in [-0.39, 0.29) is 5.82 Å². The Hall–Kier alpha value is -1.87. The van der Waals surface area contributed by atoms with Crippen molar-refractivity contribution in [2.75, 3.05) is 11.9 Å². The number of hydrogen-bond donors (Lipinski definition) is 1. The normalized spacial score (nSPS) is 14.2. The molecule has 3 heteroatoms. The molecule has 0 radical (unpaired) electrons. The number of hydrogen-bond acceptors (Lipinski definition) is 2. The van der Waals surface area contributed by atoms with Crippen LogP contribution in [0, 0.1) is 12.7 Å². The van der Waals surface area contributed by atoms with Crippen LogP contribution in [0.5, 0.6) is 0 Å². The maximum Gasteiger partial charge on any atom is 0.146 e. The first kappa shape index (κ1) is 14.1. The number of anilines is 2. The minimum atomic E-state index is -0.193. The highest BCUT2D eigenvalue weighted by Gasteiger charge is 2.21. The zero-order chi connectivity index (χ0) is 14.8. The van der Waals surface area contributed by atoms with Crippen molar-refractivity contribution in [2.24, 2.45) is 0 Å². The van der Waals surface area contributed by atoms with Gasteiger partial charge >= 0.3 is 0 Å². The van der Waals surface area contributed by atoms with Crippen molar-refractivity contribution < 1.29 is 4.39 Å². The molecule has 0 saturated heterocycles. The Morgan fingerprint density at radius 2 is 1.90 bits per heavy atom. The van der Waals surface area contributed by atoms with E-state index in [1.54, 1.807) is 6.07 Å². The topological polar surface area (TPSA) is 15.3 Å². The van der Waals surface area contributed by atoms with Crippen LogP contribution in [0.15, 0.2) is 42.5 Å². The molecular formula is C18H21FN2. The van der Waals surface area contributed by atoms with E-state index in [0.717, 1.165) is 12.2 Å². The van der Waals surface area contributed by atoms with Crippen LogP contribution in [0.2, 0.25) is 0 Å². The van der Waals surface area contributed by atoms with Gasteiger partial charge in [0.25, 0.3) is 0 Å². The molecule has 0 amide bonds. The number of benzene rings is 2. The van der Waals surface area contributed by atoms with Crippen LogP contribution in [0.25, 0.3) is 0 Å². The van der Waals surface area contributed by atoms with E-state index in [2.05, 4.69) is 30.4 Å². The maximum atomic E-state index is 14.0. The SMILES string of the molecule is Cc1ccc(N(C)c2ccccc2F)c(CNC2CC2)c1. The van der Waals surface area contributed by atoms with Crippen LogP contribution in [0.1, 0.15) is 24.0 Å². The molecule has 2 aromatic rings. The Morgan fingerprint density at radius 3 is 2.62 bits per heavy atom. The molecule has 0 aromatic heterocycles. The van der Waals surface area contributed by atoms with Gasteiger partial charge in [-0.05, 0) is 43.5 Å². The molecule has 2 aromatic carbocycles. The molecule has 3 rings (SSSR count). The molecule has 0 aliphatic heterocycles. The fourth-order valence-electron chi connectivity index (χ4n) is 2.58. The molecular weight excluding hydrogens is 263 g/mol. The van der Waals surface area contributed by atoms with E-state index >= 15 is 0 Å². The summed E-state index contributed by atoms with van der Waals surface area (Å²) in [6.45, 7) is 2.92. The molecule has 0 spiro atoms. The third-order valence-corrected chi connectivity index (χ3v) is 3.97. The molecule has 0 bridgehead atoms. The number of halogens is 1. The van der Waals surface area contributed by atoms with Crippen LogP contribution in [0.4, 0.5) is 15.8 Å². The van der Waals surface area contributed by atoms with Gasteiger partial charge in [-0.1, -0.05) is 29.8 Å². The number of nitrogens with zero attached hydrogens (tertiary/aromatic N) is 1. The molecule has 1 aliphatic rings. The zero-order valence-electron chi connectivity index (χ0n) is 12.6. The largest absolute Gasteiger partial charge is 0.342 e. The first-order chi connectivity index (χ1) is 10.1. The first-order valence-electron chi connectivity index (χ1n) is 7.46. The number of para-hydroxylation sites is 1. The monoisotopic (exact) mass is 284 g/mol. The van der Waals surface area contributed by atoms with Crippen molar-refractivity contribution >= 4 is 11.4 Å². The molecule has 0 heterocycles. The summed E-state index contributed by atoms with van der Waals surface area (Å²) in [5.41, 5.74) is 4.11. The third kappa shape index (κ3) is 3.24. The summed E-state index contributed by atoms with van der Waals surface area (Å²) < 4.78 is 14.0. The average molecular weight is 284 g/mol. The van der Waals surface area contributed by atoms with Gasteiger partial charge in [-0.3, -0.25) is 0 Å². The second-order valence-electron chi connectivity index (χ2n) is 5.80. The molecule has 1 N–H and O–H groups in total. The lowest BCUT2D eigenvalue weighted by atomic mass is 10.1. The summed E-state index contributed by atoms with van der Waals surface area (Å²) in [7, 11) is 1.92. The quantitative estimate of drug-likeness (QED) is 0.887. The van der Waals surface area contributed by atoms with Crippen molar-refractivity contribution in [2.45, 2.75) is 32.4 Å². The Balaban J connectivity index is 1.90. The summed E-state index contributed by atoms with van der Waals surface area (Å²) in [5, 5.41) is 3.54. The summed E-state index contributed by atoms with van der Waals surface area (Å²) >= 11 is 0. The second-order valence-corrected chi connectivity index (χ2v) is 5.80. The van der Waals surface area contributed by atoms with Crippen molar-refractivity contribution in [3.8, 4) is 0 Å². The molecule has 1 fully saturated rings. The lowest BCUT2D eigenvalue weighted by Gasteiger charge is -2.24. The first-order valence-corrected chi connectivity index (χ1v) is 7.46. The minimum Gasteiger partial charge on any atom is -0.342 e. The summed E-state index contributed by atoms with van der Waals surface area (Å²) in [4.78, 5) is 1.93. The number of aryl methyl sites for hydroxylation is 1. The van der Waals surface area contributed by atoms with E-state index in [1.165, 1.54) is 30.0 Å². The predicted octanol–water partition coefficient (Wildman–Crippen LogP) is 4.15. The smallest absolute Gasteiger partial charge is 0.146 e. The van der Waals surface area contributed by atoms with Gasteiger partial charge in [-0.15, -0.1) is 0 Å². The van der Waals surface area contributed by atoms with Gasteiger partial charge in [0.1, 0.15) is 5.82 Å².